The van der Waals surface area contributed by atoms with E-state index in [1.807, 2.05) is 13.0 Å². The largest absolute Gasteiger partial charge is 0.460 e. The molecule has 66 heavy (non-hydrogen) atoms. The zero-order valence-corrected chi connectivity index (χ0v) is 39.4. The SMILES string of the molecule is CC(C)=O.CCC.CCC1C(=O)OCc2c1cc1n(c2=O)Cc2c-1nc1cc(F)c(C)c3c1c2C(NC(=O)O[C@@H](CN)c1ccc(NC(=O)C(C)NC(=O)[C@@H](NC(C)=O)C(C)C)cc1)CC3. The van der Waals surface area contributed by atoms with Gasteiger partial charge in [0.2, 0.25) is 17.7 Å². The van der Waals surface area contributed by atoms with Crippen LogP contribution in [0.15, 0.2) is 41.2 Å². The number of carbonyl (C=O) groups is 6. The minimum Gasteiger partial charge on any atom is -0.460 e. The van der Waals surface area contributed by atoms with E-state index < -0.39 is 53.9 Å². The Morgan fingerprint density at radius 1 is 0.955 bits per heavy atom. The van der Waals surface area contributed by atoms with Crippen molar-refractivity contribution in [2.24, 2.45) is 11.7 Å². The van der Waals surface area contributed by atoms with Crippen molar-refractivity contribution in [3.05, 3.63) is 91.5 Å². The number of carbonyl (C=O) groups excluding carboxylic acids is 6. The molecule has 7 rings (SSSR count). The van der Waals surface area contributed by atoms with E-state index in [1.165, 1.54) is 40.2 Å². The number of nitrogens with two attached hydrogens (primary N) is 1. The highest BCUT2D eigenvalue weighted by molar-refractivity contribution is 5.98. The molecule has 6 N–H and O–H groups in total. The van der Waals surface area contributed by atoms with Gasteiger partial charge in [-0.25, -0.2) is 14.2 Å². The molecule has 0 bridgehead atoms. The van der Waals surface area contributed by atoms with Crippen LogP contribution >= 0.6 is 0 Å². The number of benzene rings is 2. The van der Waals surface area contributed by atoms with Gasteiger partial charge in [0.15, 0.2) is 0 Å². The second-order valence-electron chi connectivity index (χ2n) is 17.4. The van der Waals surface area contributed by atoms with E-state index in [0.29, 0.717) is 64.1 Å². The van der Waals surface area contributed by atoms with E-state index in [-0.39, 0.29) is 48.8 Å². The molecule has 354 valence electrons. The van der Waals surface area contributed by atoms with Crippen molar-refractivity contribution in [2.75, 3.05) is 11.9 Å². The maximum absolute atomic E-state index is 15.3. The van der Waals surface area contributed by atoms with E-state index in [9.17, 15) is 33.6 Å². The van der Waals surface area contributed by atoms with Crippen LogP contribution in [-0.2, 0) is 53.0 Å². The van der Waals surface area contributed by atoms with Gasteiger partial charge in [0.05, 0.1) is 41.0 Å². The first-order valence-corrected chi connectivity index (χ1v) is 22.5. The second kappa shape index (κ2) is 21.7. The van der Waals surface area contributed by atoms with Crippen molar-refractivity contribution < 1.29 is 42.6 Å². The number of cyclic esters (lactones) is 1. The smallest absolute Gasteiger partial charge is 0.408 e. The second-order valence-corrected chi connectivity index (χ2v) is 17.4. The number of aromatic nitrogens is 2. The predicted octanol–water partition coefficient (Wildman–Crippen LogP) is 6.45. The Morgan fingerprint density at radius 2 is 1.61 bits per heavy atom. The number of amides is 4. The molecule has 0 fully saturated rings. The molecule has 3 aliphatic rings. The standard InChI is InChI=1S/C43H48FN7O8.C3H6O.C3H8/c1-7-25-27-14-33-38-28(17-51(33)41(55)29(27)18-58-42(25)56)36-31(13-12-26-20(4)30(44)15-32(49-38)35(26)36)50-43(57)59-34(16-45)23-8-10-24(11-9-23)48-39(53)21(5)46-40(54)37(19(2)3)47-22(6)52;1-3(2)4;1-3-2/h8-11,14-15,19,21,25,31,34,37H,7,12-13,16-18,45H2,1-6H3,(H,46,54)(H,47,52)(H,48,53)(H,50,57);1-2H3;3H2,1-2H3/t21?,25?,31?,34-,37-;;/m0../s1. The van der Waals surface area contributed by atoms with Gasteiger partial charge in [-0.3, -0.25) is 24.0 Å². The van der Waals surface area contributed by atoms with E-state index >= 15 is 4.39 Å². The first-order valence-electron chi connectivity index (χ1n) is 22.5. The van der Waals surface area contributed by atoms with Crippen LogP contribution in [-0.4, -0.2) is 63.7 Å². The number of hydrogen-bond acceptors (Lipinski definition) is 11. The van der Waals surface area contributed by atoms with E-state index in [0.717, 1.165) is 22.1 Å². The van der Waals surface area contributed by atoms with Crippen LogP contribution in [0.2, 0.25) is 0 Å². The lowest BCUT2D eigenvalue weighted by atomic mass is 9.81. The molecule has 2 aliphatic heterocycles. The molecule has 1 aliphatic carbocycles. The number of ketones is 1. The lowest BCUT2D eigenvalue weighted by Gasteiger charge is -2.30. The molecule has 4 aromatic rings. The van der Waals surface area contributed by atoms with Crippen LogP contribution in [0, 0.1) is 18.7 Å². The highest BCUT2D eigenvalue weighted by atomic mass is 19.1. The number of aryl methyl sites for hydroxylation is 1. The van der Waals surface area contributed by atoms with Gasteiger partial charge < -0.3 is 45.8 Å². The summed E-state index contributed by atoms with van der Waals surface area (Å²) in [6.07, 6.45) is 0.983. The van der Waals surface area contributed by atoms with E-state index in [4.69, 9.17) is 20.2 Å². The molecule has 0 spiro atoms. The quantitative estimate of drug-likeness (QED) is 0.0904. The third-order valence-corrected chi connectivity index (χ3v) is 11.6. The van der Waals surface area contributed by atoms with Gasteiger partial charge in [0, 0.05) is 36.2 Å². The monoisotopic (exact) mass is 911 g/mol. The molecule has 0 radical (unpaired) electrons. The highest BCUT2D eigenvalue weighted by Crippen LogP contribution is 2.45. The number of esters is 1. The van der Waals surface area contributed by atoms with Crippen molar-refractivity contribution >= 4 is 52.2 Å². The van der Waals surface area contributed by atoms with Crippen LogP contribution in [0.25, 0.3) is 22.3 Å². The number of rotatable bonds is 11. The van der Waals surface area contributed by atoms with Gasteiger partial charge in [-0.05, 0) is 98.9 Å². The van der Waals surface area contributed by atoms with Gasteiger partial charge in [0.25, 0.3) is 5.56 Å². The van der Waals surface area contributed by atoms with Crippen LogP contribution in [0.1, 0.15) is 139 Å². The maximum Gasteiger partial charge on any atom is 0.408 e. The van der Waals surface area contributed by atoms with Gasteiger partial charge in [-0.15, -0.1) is 0 Å². The summed E-state index contributed by atoms with van der Waals surface area (Å²) in [4.78, 5) is 91.9. The summed E-state index contributed by atoms with van der Waals surface area (Å²) in [5.41, 5.74) is 12.0. The third-order valence-electron chi connectivity index (χ3n) is 11.6. The third kappa shape index (κ3) is 10.9. The summed E-state index contributed by atoms with van der Waals surface area (Å²) in [5, 5.41) is 11.7. The summed E-state index contributed by atoms with van der Waals surface area (Å²) in [7, 11) is 0. The molecule has 3 unspecified atom stereocenters. The summed E-state index contributed by atoms with van der Waals surface area (Å²) in [6, 6.07) is 7.50. The average Bonchev–Trinajstić information content (AvgIpc) is 3.62. The Kier molecular flexibility index (Phi) is 16.6. The topological polar surface area (TPSA) is 230 Å². The van der Waals surface area contributed by atoms with E-state index in [1.54, 1.807) is 49.6 Å². The molecular formula is C49H62FN7O9. The average molecular weight is 912 g/mol. The van der Waals surface area contributed by atoms with Crippen molar-refractivity contribution in [2.45, 2.75) is 138 Å². The summed E-state index contributed by atoms with van der Waals surface area (Å²) < 4.78 is 28.2. The number of pyridine rings is 2. The van der Waals surface area contributed by atoms with Crippen molar-refractivity contribution in [1.29, 1.82) is 0 Å². The predicted molar refractivity (Wildman–Crippen MR) is 248 cm³/mol. The summed E-state index contributed by atoms with van der Waals surface area (Å²) >= 11 is 0. The van der Waals surface area contributed by atoms with Crippen molar-refractivity contribution in [1.82, 2.24) is 25.5 Å². The van der Waals surface area contributed by atoms with Crippen molar-refractivity contribution in [3.63, 3.8) is 0 Å². The number of alkyl carbamates (subject to hydrolysis) is 1. The number of hydrogen-bond donors (Lipinski definition) is 5. The Bertz CT molecular complexity index is 2590. The number of fused-ring (bicyclic) bond motifs is 5. The fourth-order valence-corrected chi connectivity index (χ4v) is 8.43. The number of anilines is 1. The Morgan fingerprint density at radius 3 is 2.20 bits per heavy atom. The summed E-state index contributed by atoms with van der Waals surface area (Å²) in [6.45, 7) is 17.3. The molecule has 0 saturated carbocycles. The molecule has 4 heterocycles. The van der Waals surface area contributed by atoms with Crippen molar-refractivity contribution in [3.8, 4) is 11.4 Å². The Hall–Kier alpha value is -6.49. The van der Waals surface area contributed by atoms with Crippen LogP contribution in [0.5, 0.6) is 0 Å². The Balaban J connectivity index is 0.00000109. The first-order chi connectivity index (χ1) is 31.3. The number of ether oxygens (including phenoxy) is 2. The van der Waals surface area contributed by atoms with Crippen LogP contribution in [0.3, 0.4) is 0 Å². The number of Topliss-reactive ketones (excluding diaryl/α,β-unsaturated/α-hetero) is 1. The minimum atomic E-state index is -0.910. The highest BCUT2D eigenvalue weighted by Gasteiger charge is 2.38. The molecule has 17 heteroatoms. The van der Waals surface area contributed by atoms with Gasteiger partial charge in [0.1, 0.15) is 36.4 Å². The zero-order chi connectivity index (χ0) is 48.7. The minimum absolute atomic E-state index is 0.0533. The number of halogens is 1. The van der Waals surface area contributed by atoms with Crippen LogP contribution in [0.4, 0.5) is 14.9 Å². The Labute approximate surface area is 384 Å². The fourth-order valence-electron chi connectivity index (χ4n) is 8.43. The summed E-state index contributed by atoms with van der Waals surface area (Å²) in [5.74, 6) is -2.72. The number of nitrogens with zero attached hydrogens (tertiary/aromatic N) is 2. The first kappa shape index (κ1) is 50.5. The van der Waals surface area contributed by atoms with E-state index in [2.05, 4.69) is 35.1 Å². The zero-order valence-electron chi connectivity index (χ0n) is 39.4. The molecule has 0 saturated heterocycles. The van der Waals surface area contributed by atoms with Gasteiger partial charge >= 0.3 is 12.1 Å². The molecule has 4 amide bonds. The molecule has 2 aromatic heterocycles. The molecular weight excluding hydrogens is 850 g/mol. The lowest BCUT2D eigenvalue weighted by Crippen LogP contribution is -2.53. The molecule has 5 atom stereocenters. The molecule has 2 aromatic carbocycles. The number of nitrogens with one attached hydrogen (secondary N) is 4. The molecule has 16 nitrogen and oxygen atoms in total. The van der Waals surface area contributed by atoms with Gasteiger partial charge in [-0.2, -0.15) is 0 Å². The van der Waals surface area contributed by atoms with Crippen LogP contribution < -0.4 is 32.6 Å². The maximum atomic E-state index is 15.3. The lowest BCUT2D eigenvalue weighted by molar-refractivity contribution is -0.148. The fraction of sp³-hybridized carbons (Fsp3) is 0.469. The normalized spacial score (nSPS) is 16.6. The van der Waals surface area contributed by atoms with Gasteiger partial charge in [-0.1, -0.05) is 53.2 Å².